The molecule has 1 aliphatic heterocycles. The van der Waals surface area contributed by atoms with Gasteiger partial charge in [0.1, 0.15) is 0 Å². The Morgan fingerprint density at radius 1 is 1.40 bits per heavy atom. The molecule has 1 fully saturated rings. The van der Waals surface area contributed by atoms with Crippen LogP contribution in [0.5, 0.6) is 0 Å². The van der Waals surface area contributed by atoms with Gasteiger partial charge in [-0.05, 0) is 27.7 Å². The van der Waals surface area contributed by atoms with Crippen LogP contribution in [-0.2, 0) is 4.74 Å². The van der Waals surface area contributed by atoms with Crippen LogP contribution in [0.1, 0.15) is 27.7 Å². The Labute approximate surface area is 63.0 Å². The molecule has 0 aromatic carbocycles. The lowest BCUT2D eigenvalue weighted by Crippen LogP contribution is -2.55. The molecule has 60 valence electrons. The van der Waals surface area contributed by atoms with Gasteiger partial charge < -0.3 is 10.1 Å². The summed E-state index contributed by atoms with van der Waals surface area (Å²) in [6.45, 7) is 9.48. The molecule has 0 aromatic heterocycles. The summed E-state index contributed by atoms with van der Waals surface area (Å²) >= 11 is 0. The van der Waals surface area contributed by atoms with E-state index in [-0.39, 0.29) is 5.60 Å². The average Bonchev–Trinajstić information content (AvgIpc) is 1.78. The van der Waals surface area contributed by atoms with Crippen molar-refractivity contribution < 1.29 is 4.74 Å². The summed E-state index contributed by atoms with van der Waals surface area (Å²) < 4.78 is 5.72. The van der Waals surface area contributed by atoms with Crippen LogP contribution in [0.2, 0.25) is 0 Å². The molecule has 2 atom stereocenters. The number of nitrogens with one attached hydrogen (secondary N) is 1. The molecule has 2 nitrogen and oxygen atoms in total. The maximum Gasteiger partial charge on any atom is 0.0780 e. The molecular weight excluding hydrogens is 126 g/mol. The minimum Gasteiger partial charge on any atom is -0.370 e. The molecule has 1 saturated heterocycles. The summed E-state index contributed by atoms with van der Waals surface area (Å²) in [5, 5.41) is 3.40. The van der Waals surface area contributed by atoms with Gasteiger partial charge in [0.2, 0.25) is 0 Å². The smallest absolute Gasteiger partial charge is 0.0780 e. The van der Waals surface area contributed by atoms with Crippen molar-refractivity contribution in [2.75, 3.05) is 6.54 Å². The highest BCUT2D eigenvalue weighted by molar-refractivity contribution is 4.87. The monoisotopic (exact) mass is 143 g/mol. The molecule has 0 bridgehead atoms. The number of ether oxygens (including phenoxy) is 1. The van der Waals surface area contributed by atoms with Crippen molar-refractivity contribution in [2.24, 2.45) is 0 Å². The maximum absolute atomic E-state index is 5.72. The van der Waals surface area contributed by atoms with Crippen molar-refractivity contribution >= 4 is 0 Å². The topological polar surface area (TPSA) is 21.3 Å². The van der Waals surface area contributed by atoms with Crippen LogP contribution in [0, 0.1) is 0 Å². The Kier molecular flexibility index (Phi) is 2.02. The van der Waals surface area contributed by atoms with E-state index in [9.17, 15) is 0 Å². The van der Waals surface area contributed by atoms with E-state index in [0.717, 1.165) is 6.54 Å². The summed E-state index contributed by atoms with van der Waals surface area (Å²) in [6, 6.07) is 0.462. The lowest BCUT2D eigenvalue weighted by atomic mass is 9.98. The Hall–Kier alpha value is -0.0800. The predicted molar refractivity (Wildman–Crippen MR) is 42.1 cm³/mol. The fourth-order valence-corrected chi connectivity index (χ4v) is 1.25. The van der Waals surface area contributed by atoms with Crippen molar-refractivity contribution in [1.29, 1.82) is 0 Å². The second-order valence-electron chi connectivity index (χ2n) is 3.66. The SMILES string of the molecule is CC1CNC(C)C(C)(C)O1. The van der Waals surface area contributed by atoms with Gasteiger partial charge in [-0.3, -0.25) is 0 Å². The number of rotatable bonds is 0. The Morgan fingerprint density at radius 3 is 2.40 bits per heavy atom. The number of hydrogen-bond acceptors (Lipinski definition) is 2. The third kappa shape index (κ3) is 1.50. The minimum atomic E-state index is -0.00231. The second kappa shape index (κ2) is 2.51. The van der Waals surface area contributed by atoms with Gasteiger partial charge in [-0.1, -0.05) is 0 Å². The van der Waals surface area contributed by atoms with Gasteiger partial charge in [-0.2, -0.15) is 0 Å². The summed E-state index contributed by atoms with van der Waals surface area (Å²) in [5.74, 6) is 0. The third-order valence-corrected chi connectivity index (χ3v) is 2.26. The molecule has 0 aromatic rings. The molecule has 2 heteroatoms. The second-order valence-corrected chi connectivity index (χ2v) is 3.66. The van der Waals surface area contributed by atoms with Crippen LogP contribution in [0.3, 0.4) is 0 Å². The van der Waals surface area contributed by atoms with Crippen LogP contribution in [-0.4, -0.2) is 24.3 Å². The Morgan fingerprint density at radius 2 is 2.00 bits per heavy atom. The molecular formula is C8H17NO. The normalized spacial score (nSPS) is 39.6. The molecule has 0 aliphatic carbocycles. The van der Waals surface area contributed by atoms with Gasteiger partial charge in [0, 0.05) is 12.6 Å². The zero-order valence-corrected chi connectivity index (χ0v) is 7.27. The highest BCUT2D eigenvalue weighted by Crippen LogP contribution is 2.20. The lowest BCUT2D eigenvalue weighted by Gasteiger charge is -2.40. The van der Waals surface area contributed by atoms with E-state index in [0.29, 0.717) is 12.1 Å². The predicted octanol–water partition coefficient (Wildman–Crippen LogP) is 1.16. The first-order valence-electron chi connectivity index (χ1n) is 3.93. The molecule has 10 heavy (non-hydrogen) atoms. The van der Waals surface area contributed by atoms with Crippen molar-refractivity contribution in [1.82, 2.24) is 5.32 Å². The Balaban J connectivity index is 2.55. The van der Waals surface area contributed by atoms with E-state index >= 15 is 0 Å². The molecule has 1 N–H and O–H groups in total. The molecule has 1 rings (SSSR count). The lowest BCUT2D eigenvalue weighted by molar-refractivity contribution is -0.109. The van der Waals surface area contributed by atoms with Crippen LogP contribution < -0.4 is 5.32 Å². The first kappa shape index (κ1) is 8.02. The van der Waals surface area contributed by atoms with E-state index < -0.39 is 0 Å². The van der Waals surface area contributed by atoms with Gasteiger partial charge in [0.15, 0.2) is 0 Å². The van der Waals surface area contributed by atoms with Gasteiger partial charge >= 0.3 is 0 Å². The highest BCUT2D eigenvalue weighted by Gasteiger charge is 2.32. The largest absolute Gasteiger partial charge is 0.370 e. The summed E-state index contributed by atoms with van der Waals surface area (Å²) in [5.41, 5.74) is -0.00231. The molecule has 0 spiro atoms. The standard InChI is InChI=1S/C8H17NO/c1-6-5-9-7(2)8(3,4)10-6/h6-7,9H,5H2,1-4H3. The molecule has 2 unspecified atom stereocenters. The summed E-state index contributed by atoms with van der Waals surface area (Å²) in [7, 11) is 0. The minimum absolute atomic E-state index is 0.00231. The van der Waals surface area contributed by atoms with Gasteiger partial charge in [-0.25, -0.2) is 0 Å². The zero-order valence-electron chi connectivity index (χ0n) is 7.27. The van der Waals surface area contributed by atoms with Crippen molar-refractivity contribution in [2.45, 2.75) is 45.4 Å². The molecule has 0 saturated carbocycles. The van der Waals surface area contributed by atoms with Crippen molar-refractivity contribution in [3.8, 4) is 0 Å². The highest BCUT2D eigenvalue weighted by atomic mass is 16.5. The fraction of sp³-hybridized carbons (Fsp3) is 1.00. The van der Waals surface area contributed by atoms with E-state index in [1.807, 2.05) is 0 Å². The van der Waals surface area contributed by atoms with E-state index in [1.54, 1.807) is 0 Å². The van der Waals surface area contributed by atoms with Gasteiger partial charge in [0.25, 0.3) is 0 Å². The molecule has 0 radical (unpaired) electrons. The van der Waals surface area contributed by atoms with Crippen LogP contribution >= 0.6 is 0 Å². The fourth-order valence-electron chi connectivity index (χ4n) is 1.25. The number of hydrogen-bond donors (Lipinski definition) is 1. The zero-order chi connectivity index (χ0) is 7.78. The van der Waals surface area contributed by atoms with E-state index in [1.165, 1.54) is 0 Å². The molecule has 0 amide bonds. The van der Waals surface area contributed by atoms with Crippen molar-refractivity contribution in [3.05, 3.63) is 0 Å². The van der Waals surface area contributed by atoms with E-state index in [2.05, 4.69) is 33.0 Å². The van der Waals surface area contributed by atoms with Crippen LogP contribution in [0.25, 0.3) is 0 Å². The summed E-state index contributed by atoms with van der Waals surface area (Å²) in [6.07, 6.45) is 0.353. The molecule has 1 heterocycles. The van der Waals surface area contributed by atoms with Crippen LogP contribution in [0.4, 0.5) is 0 Å². The van der Waals surface area contributed by atoms with E-state index in [4.69, 9.17) is 4.74 Å². The Bertz CT molecular complexity index is 122. The van der Waals surface area contributed by atoms with Gasteiger partial charge in [-0.15, -0.1) is 0 Å². The first-order chi connectivity index (χ1) is 4.52. The average molecular weight is 143 g/mol. The number of morpholine rings is 1. The van der Waals surface area contributed by atoms with Crippen LogP contribution in [0.15, 0.2) is 0 Å². The van der Waals surface area contributed by atoms with Crippen molar-refractivity contribution in [3.63, 3.8) is 0 Å². The summed E-state index contributed by atoms with van der Waals surface area (Å²) in [4.78, 5) is 0. The third-order valence-electron chi connectivity index (χ3n) is 2.26. The van der Waals surface area contributed by atoms with Gasteiger partial charge in [0.05, 0.1) is 11.7 Å². The quantitative estimate of drug-likeness (QED) is 0.549. The maximum atomic E-state index is 5.72. The first-order valence-corrected chi connectivity index (χ1v) is 3.93. The molecule has 1 aliphatic rings.